The van der Waals surface area contributed by atoms with Crippen molar-refractivity contribution in [1.82, 2.24) is 4.98 Å². The highest BCUT2D eigenvalue weighted by Gasteiger charge is 2.09. The van der Waals surface area contributed by atoms with Crippen LogP contribution in [-0.4, -0.2) is 30.9 Å². The van der Waals surface area contributed by atoms with Gasteiger partial charge in [0.05, 0.1) is 37.1 Å². The van der Waals surface area contributed by atoms with Gasteiger partial charge in [0.25, 0.3) is 0 Å². The van der Waals surface area contributed by atoms with Crippen LogP contribution in [0.5, 0.6) is 11.5 Å². The molecule has 1 N–H and O–H groups in total. The van der Waals surface area contributed by atoms with E-state index in [1.165, 1.54) is 23.5 Å². The van der Waals surface area contributed by atoms with Gasteiger partial charge in [-0.25, -0.2) is 9.37 Å². The molecule has 0 bridgehead atoms. The Bertz CT molecular complexity index is 1110. The number of thiazole rings is 1. The van der Waals surface area contributed by atoms with Gasteiger partial charge in [0.2, 0.25) is 5.13 Å². The van der Waals surface area contributed by atoms with Gasteiger partial charge in [-0.2, -0.15) is 5.10 Å². The van der Waals surface area contributed by atoms with Crippen LogP contribution in [0.4, 0.5) is 9.52 Å². The number of nitrogens with zero attached hydrogens (tertiary/aromatic N) is 2. The molecule has 3 rings (SSSR count). The highest BCUT2D eigenvalue weighted by atomic mass is 35.5. The van der Waals surface area contributed by atoms with Crippen molar-refractivity contribution >= 4 is 40.3 Å². The lowest BCUT2D eigenvalue weighted by molar-refractivity contribution is -0.142. The molecule has 0 aliphatic heterocycles. The predicted octanol–water partition coefficient (Wildman–Crippen LogP) is 5.07. The number of esters is 1. The number of rotatable bonds is 10. The van der Waals surface area contributed by atoms with Crippen molar-refractivity contribution in [2.45, 2.75) is 20.0 Å². The van der Waals surface area contributed by atoms with Crippen LogP contribution in [0, 0.1) is 5.82 Å². The minimum atomic E-state index is -0.407. The first kappa shape index (κ1) is 23.5. The summed E-state index contributed by atoms with van der Waals surface area (Å²) in [6.45, 7) is 2.24. The van der Waals surface area contributed by atoms with E-state index in [4.69, 9.17) is 25.8 Å². The molecule has 0 aliphatic carbocycles. The molecule has 0 unspecified atom stereocenters. The summed E-state index contributed by atoms with van der Waals surface area (Å²) in [7, 11) is 1.54. The quantitative estimate of drug-likeness (QED) is 0.249. The summed E-state index contributed by atoms with van der Waals surface area (Å²) >= 11 is 7.40. The molecule has 10 heteroatoms. The maximum atomic E-state index is 13.2. The number of hydrogen-bond acceptors (Lipinski definition) is 8. The molecule has 0 fully saturated rings. The predicted molar refractivity (Wildman–Crippen MR) is 122 cm³/mol. The largest absolute Gasteiger partial charge is 0.493 e. The molecule has 168 valence electrons. The number of ether oxygens (including phenoxy) is 3. The van der Waals surface area contributed by atoms with E-state index in [0.717, 1.165) is 5.56 Å². The lowest BCUT2D eigenvalue weighted by atomic mass is 10.2. The third kappa shape index (κ3) is 6.66. The second kappa shape index (κ2) is 11.4. The van der Waals surface area contributed by atoms with Crippen molar-refractivity contribution in [2.24, 2.45) is 5.10 Å². The Balaban J connectivity index is 1.62. The van der Waals surface area contributed by atoms with Gasteiger partial charge in [-0.3, -0.25) is 10.2 Å². The number of carbonyl (C=O) groups excluding carboxylic acids is 1. The molecule has 0 spiro atoms. The number of anilines is 1. The van der Waals surface area contributed by atoms with Gasteiger partial charge >= 0.3 is 5.97 Å². The zero-order valence-electron chi connectivity index (χ0n) is 17.4. The van der Waals surface area contributed by atoms with E-state index < -0.39 is 5.82 Å². The Morgan fingerprint density at radius 1 is 1.28 bits per heavy atom. The molecule has 2 aromatic carbocycles. The van der Waals surface area contributed by atoms with Gasteiger partial charge in [-0.05, 0) is 42.8 Å². The van der Waals surface area contributed by atoms with Crippen molar-refractivity contribution in [2.75, 3.05) is 19.1 Å². The molecule has 1 aromatic heterocycles. The molecule has 0 saturated heterocycles. The van der Waals surface area contributed by atoms with Crippen molar-refractivity contribution in [3.05, 3.63) is 69.4 Å². The Labute approximate surface area is 193 Å². The number of methoxy groups -OCH3 is 1. The van der Waals surface area contributed by atoms with E-state index in [9.17, 15) is 9.18 Å². The van der Waals surface area contributed by atoms with Crippen molar-refractivity contribution in [3.63, 3.8) is 0 Å². The van der Waals surface area contributed by atoms with Crippen molar-refractivity contribution in [3.8, 4) is 11.5 Å². The zero-order valence-corrected chi connectivity index (χ0v) is 19.0. The minimum Gasteiger partial charge on any atom is -0.493 e. The summed E-state index contributed by atoms with van der Waals surface area (Å²) in [4.78, 5) is 15.8. The van der Waals surface area contributed by atoms with Gasteiger partial charge in [-0.1, -0.05) is 17.7 Å². The molecule has 7 nitrogen and oxygen atoms in total. The summed E-state index contributed by atoms with van der Waals surface area (Å²) < 4.78 is 29.3. The number of hydrazone groups is 1. The summed E-state index contributed by atoms with van der Waals surface area (Å²) in [5.41, 5.74) is 4.86. The number of halogens is 2. The molecular weight excluding hydrogens is 457 g/mol. The third-order valence-corrected chi connectivity index (χ3v) is 5.29. The SMILES string of the molecule is CCOC(=O)Cc1csc(NN=Cc2ccc(OC)c(OCc3ccc(F)cc3Cl)c2)n1. The van der Waals surface area contributed by atoms with Gasteiger partial charge < -0.3 is 14.2 Å². The van der Waals surface area contributed by atoms with Gasteiger partial charge in [0.1, 0.15) is 12.4 Å². The lowest BCUT2D eigenvalue weighted by Gasteiger charge is -2.12. The Morgan fingerprint density at radius 2 is 2.12 bits per heavy atom. The Morgan fingerprint density at radius 3 is 2.88 bits per heavy atom. The molecule has 0 aliphatic rings. The van der Waals surface area contributed by atoms with Crippen LogP contribution in [0.1, 0.15) is 23.7 Å². The number of carbonyl (C=O) groups is 1. The topological polar surface area (TPSA) is 82.0 Å². The fourth-order valence-corrected chi connectivity index (χ4v) is 3.52. The molecule has 0 saturated carbocycles. The van der Waals surface area contributed by atoms with E-state index in [2.05, 4.69) is 15.5 Å². The van der Waals surface area contributed by atoms with Crippen molar-refractivity contribution < 1.29 is 23.4 Å². The second-order valence-corrected chi connectivity index (χ2v) is 7.70. The van der Waals surface area contributed by atoms with Crippen LogP contribution in [0.3, 0.4) is 0 Å². The summed E-state index contributed by atoms with van der Waals surface area (Å²) in [6, 6.07) is 9.47. The van der Waals surface area contributed by atoms with E-state index in [1.54, 1.807) is 43.8 Å². The van der Waals surface area contributed by atoms with Crippen LogP contribution in [0.25, 0.3) is 0 Å². The maximum Gasteiger partial charge on any atom is 0.311 e. The zero-order chi connectivity index (χ0) is 22.9. The van der Waals surface area contributed by atoms with Gasteiger partial charge in [0, 0.05) is 10.9 Å². The van der Waals surface area contributed by atoms with E-state index in [1.807, 2.05) is 6.07 Å². The number of aromatic nitrogens is 1. The standard InChI is InChI=1S/C22H21ClFN3O4S/c1-3-30-21(28)10-17-13-32-22(26-17)27-25-11-14-4-7-19(29-2)20(8-14)31-12-15-5-6-16(24)9-18(15)23/h4-9,11,13H,3,10,12H2,1-2H3,(H,26,27). The lowest BCUT2D eigenvalue weighted by Crippen LogP contribution is -2.07. The molecule has 3 aromatic rings. The highest BCUT2D eigenvalue weighted by molar-refractivity contribution is 7.13. The average Bonchev–Trinajstić information content (AvgIpc) is 3.20. The fourth-order valence-electron chi connectivity index (χ4n) is 2.64. The Hall–Kier alpha value is -3.17. The number of nitrogens with one attached hydrogen (secondary N) is 1. The summed E-state index contributed by atoms with van der Waals surface area (Å²) in [5, 5.41) is 6.79. The average molecular weight is 478 g/mol. The normalized spacial score (nSPS) is 10.9. The minimum absolute atomic E-state index is 0.118. The first-order valence-electron chi connectivity index (χ1n) is 9.62. The molecule has 32 heavy (non-hydrogen) atoms. The van der Waals surface area contributed by atoms with Gasteiger partial charge in [0.15, 0.2) is 11.5 Å². The van der Waals surface area contributed by atoms with Crippen LogP contribution < -0.4 is 14.9 Å². The fraction of sp³-hybridized carbons (Fsp3) is 0.227. The van der Waals surface area contributed by atoms with E-state index in [0.29, 0.717) is 34.5 Å². The molecule has 0 atom stereocenters. The molecule has 0 amide bonds. The summed E-state index contributed by atoms with van der Waals surface area (Å²) in [6.07, 6.45) is 1.72. The first-order chi connectivity index (χ1) is 15.5. The monoisotopic (exact) mass is 477 g/mol. The molecule has 1 heterocycles. The maximum absolute atomic E-state index is 13.2. The van der Waals surface area contributed by atoms with Crippen LogP contribution in [0.15, 0.2) is 46.9 Å². The second-order valence-electron chi connectivity index (χ2n) is 6.43. The smallest absolute Gasteiger partial charge is 0.311 e. The number of hydrogen-bond donors (Lipinski definition) is 1. The van der Waals surface area contributed by atoms with Crippen molar-refractivity contribution in [1.29, 1.82) is 0 Å². The molecule has 0 radical (unpaired) electrons. The number of benzene rings is 2. The Kier molecular flexibility index (Phi) is 8.41. The summed E-state index contributed by atoms with van der Waals surface area (Å²) in [5.74, 6) is 0.301. The first-order valence-corrected chi connectivity index (χ1v) is 10.9. The van der Waals surface area contributed by atoms with E-state index in [-0.39, 0.29) is 24.0 Å². The highest BCUT2D eigenvalue weighted by Crippen LogP contribution is 2.29. The van der Waals surface area contributed by atoms with Crippen LogP contribution >= 0.6 is 22.9 Å². The van der Waals surface area contributed by atoms with Crippen LogP contribution in [0.2, 0.25) is 5.02 Å². The van der Waals surface area contributed by atoms with Crippen LogP contribution in [-0.2, 0) is 22.6 Å². The molecular formula is C22H21ClFN3O4S. The third-order valence-electron chi connectivity index (χ3n) is 4.14. The van der Waals surface area contributed by atoms with E-state index >= 15 is 0 Å². The van der Waals surface area contributed by atoms with Gasteiger partial charge in [-0.15, -0.1) is 11.3 Å².